The highest BCUT2D eigenvalue weighted by Gasteiger charge is 2.42. The van der Waals surface area contributed by atoms with Crippen molar-refractivity contribution < 1.29 is 38.4 Å². The number of aliphatic hydroxyl groups excluding tert-OH is 1. The third-order valence-corrected chi connectivity index (χ3v) is 7.63. The lowest BCUT2D eigenvalue weighted by molar-refractivity contribution is -0.257. The van der Waals surface area contributed by atoms with Crippen LogP contribution in [0.2, 0.25) is 0 Å². The molecule has 1 amide bonds. The quantitative estimate of drug-likeness (QED) is 0.345. The highest BCUT2D eigenvalue weighted by molar-refractivity contribution is 5.84. The summed E-state index contributed by atoms with van der Waals surface area (Å²) < 4.78 is 28.4. The van der Waals surface area contributed by atoms with Gasteiger partial charge in [0.05, 0.1) is 26.9 Å². The molecule has 2 aromatic carbocycles. The van der Waals surface area contributed by atoms with Crippen molar-refractivity contribution >= 4 is 11.7 Å². The van der Waals surface area contributed by atoms with Crippen molar-refractivity contribution in [3.8, 4) is 11.5 Å². The molecule has 0 radical (unpaired) electrons. The maximum atomic E-state index is 13.1. The molecule has 0 aliphatic carbocycles. The molecule has 4 rings (SSSR count). The van der Waals surface area contributed by atoms with Gasteiger partial charge in [0.25, 0.3) is 0 Å². The Bertz CT molecular complexity index is 1130. The van der Waals surface area contributed by atoms with Gasteiger partial charge in [-0.05, 0) is 42.7 Å². The van der Waals surface area contributed by atoms with Crippen molar-refractivity contribution in [3.63, 3.8) is 0 Å². The normalized spacial score (nSPS) is 21.3. The van der Waals surface area contributed by atoms with Gasteiger partial charge in [-0.3, -0.25) is 14.5 Å². The van der Waals surface area contributed by atoms with E-state index >= 15 is 0 Å². The molecular weight excluding hydrogens is 540 g/mol. The van der Waals surface area contributed by atoms with E-state index < -0.39 is 29.8 Å². The van der Waals surface area contributed by atoms with Gasteiger partial charge >= 0.3 is 0 Å². The monoisotopic (exact) mass is 584 g/mol. The van der Waals surface area contributed by atoms with E-state index in [1.165, 1.54) is 0 Å². The van der Waals surface area contributed by atoms with E-state index in [0.29, 0.717) is 26.2 Å². The van der Waals surface area contributed by atoms with Crippen LogP contribution in [0.1, 0.15) is 50.5 Å². The summed E-state index contributed by atoms with van der Waals surface area (Å²) in [5.41, 5.74) is 1.21. The van der Waals surface area contributed by atoms with Gasteiger partial charge in [0.15, 0.2) is 12.1 Å². The first-order chi connectivity index (χ1) is 20.2. The standard InChI is InChI=1S/C32H44N2O8/c1-32(2)22-41-31(24-9-13-25(38-3)14-10-24)42-29(32)27(35)5-4-6-28(36)30(37)33-21-23-7-11-26(12-8-23)40-20-17-34-15-18-39-19-16-34/h7-14,28-29,31,36H,4-6,15-22H2,1-3H3,(H,33,37)/t28?,29-,31?/m0/s1. The van der Waals surface area contributed by atoms with Crippen molar-refractivity contribution in [2.75, 3.05) is 53.2 Å². The highest BCUT2D eigenvalue weighted by atomic mass is 16.7. The lowest BCUT2D eigenvalue weighted by atomic mass is 9.82. The van der Waals surface area contributed by atoms with E-state index in [4.69, 9.17) is 23.7 Å². The van der Waals surface area contributed by atoms with E-state index in [1.54, 1.807) is 7.11 Å². The van der Waals surface area contributed by atoms with Crippen LogP contribution in [-0.4, -0.2) is 87.1 Å². The Morgan fingerprint density at radius 3 is 2.45 bits per heavy atom. The van der Waals surface area contributed by atoms with Crippen LogP contribution in [0, 0.1) is 5.41 Å². The average Bonchev–Trinajstić information content (AvgIpc) is 3.01. The van der Waals surface area contributed by atoms with Crippen molar-refractivity contribution in [1.29, 1.82) is 0 Å². The lowest BCUT2D eigenvalue weighted by Crippen LogP contribution is -2.47. The van der Waals surface area contributed by atoms with Crippen LogP contribution >= 0.6 is 0 Å². The molecule has 2 aliphatic rings. The molecule has 42 heavy (non-hydrogen) atoms. The number of nitrogens with one attached hydrogen (secondary N) is 1. The molecule has 2 aliphatic heterocycles. The summed E-state index contributed by atoms with van der Waals surface area (Å²) >= 11 is 0. The zero-order valence-electron chi connectivity index (χ0n) is 24.9. The summed E-state index contributed by atoms with van der Waals surface area (Å²) in [4.78, 5) is 27.9. The molecule has 0 aromatic heterocycles. The van der Waals surface area contributed by atoms with E-state index in [1.807, 2.05) is 62.4 Å². The average molecular weight is 585 g/mol. The molecule has 230 valence electrons. The van der Waals surface area contributed by atoms with Gasteiger partial charge in [0.1, 0.15) is 30.3 Å². The maximum absolute atomic E-state index is 13.1. The predicted molar refractivity (Wildman–Crippen MR) is 156 cm³/mol. The van der Waals surface area contributed by atoms with Crippen LogP contribution in [0.3, 0.4) is 0 Å². The lowest BCUT2D eigenvalue weighted by Gasteiger charge is -2.41. The van der Waals surface area contributed by atoms with Crippen LogP contribution in [0.5, 0.6) is 11.5 Å². The predicted octanol–water partition coefficient (Wildman–Crippen LogP) is 3.26. The number of rotatable bonds is 14. The van der Waals surface area contributed by atoms with Crippen LogP contribution in [-0.2, 0) is 30.3 Å². The number of morpholine rings is 1. The van der Waals surface area contributed by atoms with Crippen LogP contribution in [0.4, 0.5) is 0 Å². The fourth-order valence-corrected chi connectivity index (χ4v) is 5.02. The number of carbonyl (C=O) groups excluding carboxylic acids is 2. The number of methoxy groups -OCH3 is 1. The zero-order valence-corrected chi connectivity index (χ0v) is 24.9. The van der Waals surface area contributed by atoms with Gasteiger partial charge in [-0.1, -0.05) is 38.1 Å². The Labute approximate surface area is 248 Å². The van der Waals surface area contributed by atoms with E-state index in [9.17, 15) is 14.7 Å². The van der Waals surface area contributed by atoms with Crippen molar-refractivity contribution in [1.82, 2.24) is 10.2 Å². The largest absolute Gasteiger partial charge is 0.497 e. The molecule has 10 nitrogen and oxygen atoms in total. The summed E-state index contributed by atoms with van der Waals surface area (Å²) in [5.74, 6) is 0.968. The molecule has 2 heterocycles. The van der Waals surface area contributed by atoms with E-state index in [-0.39, 0.29) is 18.6 Å². The summed E-state index contributed by atoms with van der Waals surface area (Å²) in [6.07, 6.45) is -1.76. The maximum Gasteiger partial charge on any atom is 0.249 e. The molecule has 0 bridgehead atoms. The van der Waals surface area contributed by atoms with Gasteiger partial charge in [-0.15, -0.1) is 0 Å². The Kier molecular flexibility index (Phi) is 11.7. The van der Waals surface area contributed by atoms with Gasteiger partial charge < -0.3 is 34.1 Å². The third-order valence-electron chi connectivity index (χ3n) is 7.63. The number of hydrogen-bond acceptors (Lipinski definition) is 9. The summed E-state index contributed by atoms with van der Waals surface area (Å²) in [6, 6.07) is 14.9. The number of ketones is 1. The van der Waals surface area contributed by atoms with Crippen molar-refractivity contribution in [2.45, 2.75) is 58.2 Å². The molecule has 2 aromatic rings. The highest BCUT2D eigenvalue weighted by Crippen LogP contribution is 2.38. The molecular formula is C32H44N2O8. The van der Waals surface area contributed by atoms with Crippen LogP contribution in [0.25, 0.3) is 0 Å². The van der Waals surface area contributed by atoms with Crippen molar-refractivity contribution in [2.24, 2.45) is 5.41 Å². The molecule has 2 saturated heterocycles. The van der Waals surface area contributed by atoms with Crippen molar-refractivity contribution in [3.05, 3.63) is 59.7 Å². The molecule has 2 N–H and O–H groups in total. The molecule has 0 saturated carbocycles. The van der Waals surface area contributed by atoms with Gasteiger partial charge in [0.2, 0.25) is 5.91 Å². The molecule has 10 heteroatoms. The number of hydrogen-bond donors (Lipinski definition) is 2. The van der Waals surface area contributed by atoms with Crippen LogP contribution in [0.15, 0.2) is 48.5 Å². The Morgan fingerprint density at radius 1 is 1.07 bits per heavy atom. The fourth-order valence-electron chi connectivity index (χ4n) is 5.02. The topological polar surface area (TPSA) is 116 Å². The number of carbonyl (C=O) groups is 2. The minimum Gasteiger partial charge on any atom is -0.497 e. The van der Waals surface area contributed by atoms with Gasteiger partial charge in [-0.2, -0.15) is 0 Å². The number of amides is 1. The Hall–Kier alpha value is -3.02. The minimum atomic E-state index is -1.20. The zero-order chi connectivity index (χ0) is 30.0. The van der Waals surface area contributed by atoms with E-state index in [2.05, 4.69) is 10.2 Å². The number of benzene rings is 2. The number of nitrogens with zero attached hydrogens (tertiary/aromatic N) is 1. The first-order valence-corrected chi connectivity index (χ1v) is 14.7. The molecule has 0 spiro atoms. The second kappa shape index (κ2) is 15.5. The van der Waals surface area contributed by atoms with E-state index in [0.717, 1.165) is 55.5 Å². The van der Waals surface area contributed by atoms with Crippen LogP contribution < -0.4 is 14.8 Å². The number of aliphatic hydroxyl groups is 1. The molecule has 2 fully saturated rings. The smallest absolute Gasteiger partial charge is 0.249 e. The second-order valence-electron chi connectivity index (χ2n) is 11.5. The minimum absolute atomic E-state index is 0.0679. The first kappa shape index (κ1) is 31.9. The number of Topliss-reactive ketones (excluding diaryl/α,β-unsaturated/α-hetero) is 1. The Balaban J connectivity index is 1.15. The Morgan fingerprint density at radius 2 is 1.76 bits per heavy atom. The summed E-state index contributed by atoms with van der Waals surface area (Å²) in [6.45, 7) is 9.38. The fraction of sp³-hybridized carbons (Fsp3) is 0.562. The second-order valence-corrected chi connectivity index (χ2v) is 11.5. The van der Waals surface area contributed by atoms with Gasteiger partial charge in [-0.25, -0.2) is 0 Å². The molecule has 3 atom stereocenters. The van der Waals surface area contributed by atoms with Gasteiger partial charge in [0, 0.05) is 43.6 Å². The summed E-state index contributed by atoms with van der Waals surface area (Å²) in [7, 11) is 1.60. The first-order valence-electron chi connectivity index (χ1n) is 14.7. The SMILES string of the molecule is COc1ccc(C2OCC(C)(C)[C@H](C(=O)CCCC(O)C(=O)NCc3ccc(OCCN4CCOCC4)cc3)O2)cc1. The third kappa shape index (κ3) is 9.24. The molecule has 2 unspecified atom stereocenters. The number of ether oxygens (including phenoxy) is 5. The summed E-state index contributed by atoms with van der Waals surface area (Å²) in [5, 5.41) is 13.2.